The number of halogens is 2. The van der Waals surface area contributed by atoms with Crippen LogP contribution in [0.5, 0.6) is 11.5 Å². The number of aryl methyl sites for hydroxylation is 3. The van der Waals surface area contributed by atoms with Gasteiger partial charge in [0.15, 0.2) is 62.8 Å². The molecule has 26 nitrogen and oxygen atoms in total. The van der Waals surface area contributed by atoms with Gasteiger partial charge in [-0.2, -0.15) is 0 Å². The van der Waals surface area contributed by atoms with Crippen molar-refractivity contribution in [3.05, 3.63) is 87.0 Å². The Balaban J connectivity index is 0.861. The first-order valence-corrected chi connectivity index (χ1v) is 28.4. The molecule has 4 aromatic rings. The lowest BCUT2D eigenvalue weighted by Gasteiger charge is -2.16. The molecule has 4 rings (SSSR count). The van der Waals surface area contributed by atoms with Gasteiger partial charge in [-0.3, -0.25) is 29.5 Å². The fourth-order valence-electron chi connectivity index (χ4n) is 7.59. The minimum atomic E-state index is -1.92. The second-order valence-corrected chi connectivity index (χ2v) is 19.5. The number of carbonyl (C=O) groups excluding carboxylic acids is 4. The van der Waals surface area contributed by atoms with Crippen molar-refractivity contribution in [3.8, 4) is 11.5 Å². The molecule has 2 aromatic carbocycles. The van der Waals surface area contributed by atoms with Crippen LogP contribution in [0.4, 0.5) is 17.5 Å². The largest absolute Gasteiger partial charge is 0.491 e. The maximum absolute atomic E-state index is 12.5. The van der Waals surface area contributed by atoms with Crippen molar-refractivity contribution in [2.45, 2.75) is 89.8 Å². The molecule has 462 valence electrons. The SMILES string of the molecule is Cc1nc(N)c(C(=O)CC(=N)CCCCCc2ccc(OCCOCCOCCOCCNC(=O)C(O)C(O)C(=O)CCCOCCOCCOCCOc3ccc(CCCCN=C(N)NC(=O)c4nc(Cl)c(N)nc4N)cc3)cc2)nc1Cl. The van der Waals surface area contributed by atoms with E-state index in [0.717, 1.165) is 56.3 Å². The number of aromatic nitrogens is 4. The number of guanidine groups is 1. The number of aliphatic hydroxyl groups is 2. The van der Waals surface area contributed by atoms with E-state index in [4.69, 9.17) is 89.4 Å². The first-order valence-electron chi connectivity index (χ1n) is 27.7. The van der Waals surface area contributed by atoms with Crippen LogP contribution in [0.3, 0.4) is 0 Å². The van der Waals surface area contributed by atoms with E-state index in [1.807, 2.05) is 48.5 Å². The molecule has 0 aliphatic rings. The minimum Gasteiger partial charge on any atom is -0.491 e. The number of nitrogens with two attached hydrogens (primary N) is 4. The number of benzene rings is 2. The number of anilines is 3. The Bertz CT molecular complexity index is 2680. The number of nitrogens with zero attached hydrogens (tertiary/aromatic N) is 5. The average molecular weight is 1220 g/mol. The fourth-order valence-corrected chi connectivity index (χ4v) is 7.84. The third-order valence-electron chi connectivity index (χ3n) is 12.1. The summed E-state index contributed by atoms with van der Waals surface area (Å²) in [5, 5.41) is 33.4. The van der Waals surface area contributed by atoms with Gasteiger partial charge in [0.2, 0.25) is 0 Å². The second kappa shape index (κ2) is 40.5. The Kier molecular flexibility index (Phi) is 33.7. The fraction of sp³-hybridized carbons (Fsp3) is 0.536. The summed E-state index contributed by atoms with van der Waals surface area (Å²) in [6, 6.07) is 15.6. The van der Waals surface area contributed by atoms with Crippen molar-refractivity contribution >= 4 is 75.7 Å². The number of nitrogen functional groups attached to an aromatic ring is 3. The highest BCUT2D eigenvalue weighted by Gasteiger charge is 2.29. The Labute approximate surface area is 498 Å². The number of Topliss-reactive ketones (excluding diaryl/α,β-unsaturated/α-hetero) is 2. The molecule has 0 spiro atoms. The lowest BCUT2D eigenvalue weighted by Crippen LogP contribution is -2.46. The maximum atomic E-state index is 12.5. The van der Waals surface area contributed by atoms with E-state index < -0.39 is 29.8 Å². The van der Waals surface area contributed by atoms with Gasteiger partial charge in [0.05, 0.1) is 84.8 Å². The van der Waals surface area contributed by atoms with Gasteiger partial charge < -0.3 is 81.8 Å². The monoisotopic (exact) mass is 1210 g/mol. The molecule has 0 fully saturated rings. The molecule has 0 aliphatic heterocycles. The molecular weight excluding hydrogens is 1140 g/mol. The highest BCUT2D eigenvalue weighted by Crippen LogP contribution is 2.20. The highest BCUT2D eigenvalue weighted by atomic mass is 35.5. The number of nitrogens with one attached hydrogen (secondary N) is 3. The average Bonchev–Trinajstić information content (AvgIpc) is 3.61. The van der Waals surface area contributed by atoms with Gasteiger partial charge in [-0.1, -0.05) is 53.9 Å². The van der Waals surface area contributed by atoms with Crippen molar-refractivity contribution in [1.82, 2.24) is 30.6 Å². The van der Waals surface area contributed by atoms with Crippen molar-refractivity contribution in [1.29, 1.82) is 5.41 Å². The van der Waals surface area contributed by atoms with Gasteiger partial charge >= 0.3 is 0 Å². The van der Waals surface area contributed by atoms with Crippen molar-refractivity contribution in [2.75, 3.05) is 123 Å². The summed E-state index contributed by atoms with van der Waals surface area (Å²) in [6.45, 7) is 6.53. The van der Waals surface area contributed by atoms with Crippen LogP contribution in [0.2, 0.25) is 10.3 Å². The zero-order valence-electron chi connectivity index (χ0n) is 47.5. The molecule has 13 N–H and O–H groups in total. The first kappa shape index (κ1) is 69.8. The van der Waals surface area contributed by atoms with E-state index in [-0.39, 0.29) is 103 Å². The predicted molar refractivity (Wildman–Crippen MR) is 316 cm³/mol. The summed E-state index contributed by atoms with van der Waals surface area (Å²) in [6.07, 6.45) is 2.79. The van der Waals surface area contributed by atoms with Crippen molar-refractivity contribution in [2.24, 2.45) is 10.7 Å². The molecule has 2 unspecified atom stereocenters. The van der Waals surface area contributed by atoms with Crippen LogP contribution in [0.15, 0.2) is 53.5 Å². The molecule has 0 radical (unpaired) electrons. The summed E-state index contributed by atoms with van der Waals surface area (Å²) < 4.78 is 44.6. The van der Waals surface area contributed by atoms with Gasteiger partial charge in [-0.25, -0.2) is 19.9 Å². The van der Waals surface area contributed by atoms with Gasteiger partial charge in [0.1, 0.15) is 30.8 Å². The topological polar surface area (TPSA) is 398 Å². The van der Waals surface area contributed by atoms with Crippen LogP contribution < -0.4 is 43.0 Å². The lowest BCUT2D eigenvalue weighted by atomic mass is 10.0. The molecular formula is C56H80Cl2N12O14. The number of unbranched alkanes of at least 4 members (excludes halogenated alkanes) is 3. The van der Waals surface area contributed by atoms with Crippen LogP contribution >= 0.6 is 23.2 Å². The van der Waals surface area contributed by atoms with Crippen LogP contribution in [0.25, 0.3) is 0 Å². The van der Waals surface area contributed by atoms with Crippen LogP contribution in [-0.2, 0) is 50.9 Å². The minimum absolute atomic E-state index is 0.00840. The Hall–Kier alpha value is -6.72. The second-order valence-electron chi connectivity index (χ2n) is 18.8. The third kappa shape index (κ3) is 28.2. The van der Waals surface area contributed by atoms with E-state index in [0.29, 0.717) is 96.2 Å². The summed E-state index contributed by atoms with van der Waals surface area (Å²) in [5.41, 5.74) is 25.8. The molecule has 2 amide bonds. The number of aliphatic hydroxyl groups excluding tert-OH is 2. The quantitative estimate of drug-likeness (QED) is 0.0131. The maximum Gasteiger partial charge on any atom is 0.280 e. The summed E-state index contributed by atoms with van der Waals surface area (Å²) in [5.74, 6) is -1.49. The standard InChI is InChI=1S/C56H80Cl2N12O14/c1-37-49(57)67-45(51(60)66-37)44(72)36-40(59)10-4-2-3-8-38-12-16-41(17-13-38)83-34-33-82-31-29-80-27-25-78-23-21-64-55(76)48(74)47(73)43(71)11-7-22-77-24-26-79-28-30-81-32-35-84-42-18-14-39(15-19-42)9-5-6-20-65-56(63)70-54(75)46-52(61)69-53(62)50(58)68-46/h12-19,47-48,59,73-74H,2-11,20-36H2,1H3,(H2,60,66)(H,64,76)(H4,61,62,69)(H3,63,65,70,75). The van der Waals surface area contributed by atoms with Crippen LogP contribution in [0.1, 0.15) is 95.6 Å². The number of rotatable bonds is 45. The molecule has 0 bridgehead atoms. The smallest absolute Gasteiger partial charge is 0.280 e. The van der Waals surface area contributed by atoms with E-state index in [9.17, 15) is 29.4 Å². The zero-order valence-corrected chi connectivity index (χ0v) is 49.0. The first-order chi connectivity index (χ1) is 40.5. The Morgan fingerprint density at radius 1 is 0.583 bits per heavy atom. The number of ether oxygens (including phenoxy) is 8. The van der Waals surface area contributed by atoms with Crippen LogP contribution in [-0.4, -0.2) is 183 Å². The number of amides is 2. The molecule has 0 aliphatic carbocycles. The zero-order chi connectivity index (χ0) is 60.9. The number of carbonyl (C=O) groups is 4. The number of ketones is 2. The van der Waals surface area contributed by atoms with Gasteiger partial charge in [-0.15, -0.1) is 0 Å². The molecule has 2 atom stereocenters. The van der Waals surface area contributed by atoms with E-state index in [2.05, 4.69) is 35.6 Å². The molecule has 28 heteroatoms. The van der Waals surface area contributed by atoms with E-state index in [1.54, 1.807) is 6.92 Å². The van der Waals surface area contributed by atoms with Gasteiger partial charge in [-0.05, 0) is 93.7 Å². The van der Waals surface area contributed by atoms with Gasteiger partial charge in [0.25, 0.3) is 11.8 Å². The molecule has 2 heterocycles. The molecule has 2 aromatic heterocycles. The molecule has 0 saturated heterocycles. The van der Waals surface area contributed by atoms with Crippen molar-refractivity contribution < 1.29 is 67.3 Å². The van der Waals surface area contributed by atoms with Crippen LogP contribution in [0, 0.1) is 12.3 Å². The number of aliphatic imine (C=N–C) groups is 1. The predicted octanol–water partition coefficient (Wildman–Crippen LogP) is 3.84. The highest BCUT2D eigenvalue weighted by molar-refractivity contribution is 6.32. The number of hydrogen-bond donors (Lipinski definition) is 9. The third-order valence-corrected chi connectivity index (χ3v) is 12.8. The van der Waals surface area contributed by atoms with Crippen molar-refractivity contribution in [3.63, 3.8) is 0 Å². The molecule has 84 heavy (non-hydrogen) atoms. The van der Waals surface area contributed by atoms with E-state index >= 15 is 0 Å². The van der Waals surface area contributed by atoms with Gasteiger partial charge in [0, 0.05) is 31.8 Å². The normalized spacial score (nSPS) is 12.2. The molecule has 0 saturated carbocycles. The Morgan fingerprint density at radius 2 is 1.08 bits per heavy atom. The van der Waals surface area contributed by atoms with E-state index in [1.165, 1.54) is 5.56 Å². The lowest BCUT2D eigenvalue weighted by molar-refractivity contribution is -0.145. The summed E-state index contributed by atoms with van der Waals surface area (Å²) in [4.78, 5) is 69.4. The number of hydrogen-bond acceptors (Lipinski definition) is 23. The summed E-state index contributed by atoms with van der Waals surface area (Å²) in [7, 11) is 0. The Morgan fingerprint density at radius 3 is 1.65 bits per heavy atom. The summed E-state index contributed by atoms with van der Waals surface area (Å²) >= 11 is 11.8.